The third kappa shape index (κ3) is 2.71. The lowest BCUT2D eigenvalue weighted by atomic mass is 10.3. The van der Waals surface area contributed by atoms with E-state index in [4.69, 9.17) is 0 Å². The van der Waals surface area contributed by atoms with Gasteiger partial charge in [-0.3, -0.25) is 9.59 Å². The van der Waals surface area contributed by atoms with Gasteiger partial charge in [0.25, 0.3) is 11.5 Å². The van der Waals surface area contributed by atoms with Crippen LogP contribution in [0.4, 0.5) is 5.69 Å². The van der Waals surface area contributed by atoms with Gasteiger partial charge in [-0.2, -0.15) is 9.90 Å². The summed E-state index contributed by atoms with van der Waals surface area (Å²) < 4.78 is 0. The van der Waals surface area contributed by atoms with Crippen LogP contribution in [0.25, 0.3) is 5.69 Å². The van der Waals surface area contributed by atoms with Gasteiger partial charge in [0.05, 0.1) is 11.9 Å². The summed E-state index contributed by atoms with van der Waals surface area (Å²) in [7, 11) is 0. The van der Waals surface area contributed by atoms with Crippen molar-refractivity contribution >= 4 is 11.6 Å². The summed E-state index contributed by atoms with van der Waals surface area (Å²) in [6, 6.07) is 12.4. The zero-order valence-corrected chi connectivity index (χ0v) is 10.9. The van der Waals surface area contributed by atoms with Crippen LogP contribution in [0.5, 0.6) is 0 Å². The second kappa shape index (κ2) is 5.41. The van der Waals surface area contributed by atoms with Crippen molar-refractivity contribution in [3.63, 3.8) is 0 Å². The van der Waals surface area contributed by atoms with Crippen molar-refractivity contribution in [2.45, 2.75) is 0 Å². The Labute approximate surface area is 119 Å². The van der Waals surface area contributed by atoms with E-state index in [1.54, 1.807) is 6.07 Å². The van der Waals surface area contributed by atoms with E-state index in [0.717, 1.165) is 5.69 Å². The zero-order chi connectivity index (χ0) is 14.7. The summed E-state index contributed by atoms with van der Waals surface area (Å²) in [5, 5.41) is 10.6. The van der Waals surface area contributed by atoms with Gasteiger partial charge in [-0.25, -0.2) is 0 Å². The molecule has 0 atom stereocenters. The van der Waals surface area contributed by atoms with E-state index in [0.29, 0.717) is 0 Å². The molecular formula is C14H11N5O2. The Morgan fingerprint density at radius 1 is 1.14 bits per heavy atom. The van der Waals surface area contributed by atoms with Crippen LogP contribution in [0, 0.1) is 0 Å². The predicted molar refractivity (Wildman–Crippen MR) is 76.4 cm³/mol. The van der Waals surface area contributed by atoms with Crippen LogP contribution in [0.15, 0.2) is 59.7 Å². The molecule has 0 aliphatic heterocycles. The van der Waals surface area contributed by atoms with E-state index in [2.05, 4.69) is 20.5 Å². The summed E-state index contributed by atoms with van der Waals surface area (Å²) >= 11 is 0. The van der Waals surface area contributed by atoms with Gasteiger partial charge in [-0.15, -0.1) is 5.10 Å². The minimum absolute atomic E-state index is 0.127. The van der Waals surface area contributed by atoms with Gasteiger partial charge in [0, 0.05) is 6.20 Å². The summed E-state index contributed by atoms with van der Waals surface area (Å²) in [6.45, 7) is 0. The van der Waals surface area contributed by atoms with Crippen LogP contribution < -0.4 is 10.9 Å². The Morgan fingerprint density at radius 3 is 2.71 bits per heavy atom. The molecule has 3 rings (SSSR count). The maximum atomic E-state index is 12.0. The Hall–Kier alpha value is -3.22. The number of aromatic amines is 1. The molecule has 1 amide bonds. The van der Waals surface area contributed by atoms with Crippen molar-refractivity contribution in [3.05, 3.63) is 70.9 Å². The number of hydrogen-bond acceptors (Lipinski definition) is 4. The largest absolute Gasteiger partial charge is 0.327 e. The van der Waals surface area contributed by atoms with Gasteiger partial charge in [0.1, 0.15) is 5.69 Å². The summed E-state index contributed by atoms with van der Waals surface area (Å²) in [4.78, 5) is 27.4. The molecule has 0 saturated heterocycles. The smallest absolute Gasteiger partial charge is 0.278 e. The summed E-state index contributed by atoms with van der Waals surface area (Å²) in [5.74, 6) is -0.492. The van der Waals surface area contributed by atoms with Gasteiger partial charge >= 0.3 is 0 Å². The fourth-order valence-corrected chi connectivity index (χ4v) is 1.76. The van der Waals surface area contributed by atoms with Crippen LogP contribution in [0.2, 0.25) is 0 Å². The average molecular weight is 281 g/mol. The fourth-order valence-electron chi connectivity index (χ4n) is 1.76. The van der Waals surface area contributed by atoms with E-state index >= 15 is 0 Å². The number of nitrogens with one attached hydrogen (secondary N) is 2. The number of carbonyl (C=O) groups excluding carboxylic acids is 1. The minimum atomic E-state index is -0.492. The summed E-state index contributed by atoms with van der Waals surface area (Å²) in [5.41, 5.74) is 0.661. The molecule has 0 unspecified atom stereocenters. The third-order valence-electron chi connectivity index (χ3n) is 2.78. The van der Waals surface area contributed by atoms with Crippen LogP contribution in [0.3, 0.4) is 0 Å². The number of anilines is 1. The van der Waals surface area contributed by atoms with Gasteiger partial charge in [0.2, 0.25) is 0 Å². The van der Waals surface area contributed by atoms with Crippen LogP contribution >= 0.6 is 0 Å². The Kier molecular flexibility index (Phi) is 3.30. The minimum Gasteiger partial charge on any atom is -0.327 e. The number of carbonyl (C=O) groups is 1. The van der Waals surface area contributed by atoms with Crippen molar-refractivity contribution < 1.29 is 4.79 Å². The first-order valence-corrected chi connectivity index (χ1v) is 6.21. The number of nitrogens with zero attached hydrogens (tertiary/aromatic N) is 3. The van der Waals surface area contributed by atoms with Gasteiger partial charge in [-0.1, -0.05) is 18.2 Å². The number of amides is 1. The molecule has 21 heavy (non-hydrogen) atoms. The normalized spacial score (nSPS) is 10.3. The van der Waals surface area contributed by atoms with E-state index in [-0.39, 0.29) is 16.9 Å². The second-order valence-electron chi connectivity index (χ2n) is 4.22. The summed E-state index contributed by atoms with van der Waals surface area (Å²) in [6.07, 6.45) is 2.84. The quantitative estimate of drug-likeness (QED) is 0.754. The first-order chi connectivity index (χ1) is 10.2. The maximum Gasteiger partial charge on any atom is 0.278 e. The molecule has 2 N–H and O–H groups in total. The lowest BCUT2D eigenvalue weighted by Gasteiger charge is -2.01. The predicted octanol–water partition coefficient (Wildman–Crippen LogP) is 1.21. The molecule has 104 valence electrons. The second-order valence-corrected chi connectivity index (χ2v) is 4.22. The van der Waals surface area contributed by atoms with Crippen molar-refractivity contribution in [2.75, 3.05) is 5.32 Å². The van der Waals surface area contributed by atoms with Crippen molar-refractivity contribution in [1.82, 2.24) is 20.0 Å². The number of benzene rings is 1. The molecule has 0 bridgehead atoms. The molecule has 0 saturated carbocycles. The maximum absolute atomic E-state index is 12.0. The first kappa shape index (κ1) is 12.8. The highest BCUT2D eigenvalue weighted by Crippen LogP contribution is 2.05. The molecule has 0 fully saturated rings. The van der Waals surface area contributed by atoms with E-state index in [9.17, 15) is 9.59 Å². The molecule has 0 aliphatic rings. The molecule has 0 spiro atoms. The van der Waals surface area contributed by atoms with Gasteiger partial charge in [0.15, 0.2) is 5.69 Å². The Balaban J connectivity index is 1.82. The van der Waals surface area contributed by atoms with Crippen LogP contribution in [-0.4, -0.2) is 25.9 Å². The number of rotatable bonds is 3. The zero-order valence-electron chi connectivity index (χ0n) is 10.9. The van der Waals surface area contributed by atoms with Crippen molar-refractivity contribution in [3.8, 4) is 5.69 Å². The Morgan fingerprint density at radius 2 is 1.95 bits per heavy atom. The fraction of sp³-hybridized carbons (Fsp3) is 0. The van der Waals surface area contributed by atoms with E-state index in [1.165, 1.54) is 23.3 Å². The average Bonchev–Trinajstić information content (AvgIpc) is 3.00. The van der Waals surface area contributed by atoms with Crippen molar-refractivity contribution in [1.29, 1.82) is 0 Å². The number of pyridine rings is 1. The van der Waals surface area contributed by atoms with Crippen molar-refractivity contribution in [2.24, 2.45) is 0 Å². The van der Waals surface area contributed by atoms with E-state index in [1.807, 2.05) is 30.3 Å². The molecule has 0 radical (unpaired) electrons. The Bertz CT molecular complexity index is 822. The standard InChI is InChI=1S/C14H11N5O2/c20-13-11(7-4-8-15-13)17-14(21)12-9-16-19(18-12)10-5-2-1-3-6-10/h1-9H,(H,15,20)(H,17,21). The first-order valence-electron chi connectivity index (χ1n) is 6.21. The number of H-pyrrole nitrogens is 1. The number of hydrogen-bond donors (Lipinski definition) is 2. The topological polar surface area (TPSA) is 92.7 Å². The molecule has 3 aromatic rings. The number of aromatic nitrogens is 4. The van der Waals surface area contributed by atoms with Crippen LogP contribution in [0.1, 0.15) is 10.5 Å². The molecule has 7 nitrogen and oxygen atoms in total. The highest BCUT2D eigenvalue weighted by molar-refractivity contribution is 6.02. The lowest BCUT2D eigenvalue weighted by molar-refractivity contribution is 0.102. The molecule has 0 aliphatic carbocycles. The highest BCUT2D eigenvalue weighted by Gasteiger charge is 2.12. The SMILES string of the molecule is O=C(Nc1ccc[nH]c1=O)c1cnn(-c2ccccc2)n1. The molecule has 1 aromatic carbocycles. The molecule has 2 heterocycles. The molecular weight excluding hydrogens is 270 g/mol. The lowest BCUT2D eigenvalue weighted by Crippen LogP contribution is -2.19. The number of para-hydroxylation sites is 1. The van der Waals surface area contributed by atoms with Gasteiger partial charge in [-0.05, 0) is 24.3 Å². The molecule has 7 heteroatoms. The van der Waals surface area contributed by atoms with Gasteiger partial charge < -0.3 is 10.3 Å². The van der Waals surface area contributed by atoms with Crippen LogP contribution in [-0.2, 0) is 0 Å². The highest BCUT2D eigenvalue weighted by atomic mass is 16.2. The molecule has 2 aromatic heterocycles. The van der Waals surface area contributed by atoms with E-state index < -0.39 is 5.91 Å². The monoisotopic (exact) mass is 281 g/mol. The third-order valence-corrected chi connectivity index (χ3v) is 2.78.